The topological polar surface area (TPSA) is 75.5 Å². The standard InChI is InChI=1S/C20H18F2N4O3S/c21-15-5-7-16(8-6-15)26-14-23-13-18(26)20(27)24-9-11-25(12-10-24)30(28,29)19-4-2-1-3-17(19)22/h1-8,13-14H,9-12H2. The predicted molar refractivity (Wildman–Crippen MR) is 105 cm³/mol. The third-order valence-corrected chi connectivity index (χ3v) is 6.87. The Kier molecular flexibility index (Phi) is 5.35. The largest absolute Gasteiger partial charge is 0.335 e. The van der Waals surface area contributed by atoms with Gasteiger partial charge in [0.1, 0.15) is 22.2 Å². The van der Waals surface area contributed by atoms with E-state index in [0.717, 1.165) is 6.07 Å². The second kappa shape index (κ2) is 7.96. The Balaban J connectivity index is 1.49. The average Bonchev–Trinajstić information content (AvgIpc) is 3.24. The predicted octanol–water partition coefficient (Wildman–Crippen LogP) is 2.30. The Bertz CT molecular complexity index is 1170. The summed E-state index contributed by atoms with van der Waals surface area (Å²) in [6, 6.07) is 10.9. The molecule has 156 valence electrons. The van der Waals surface area contributed by atoms with Gasteiger partial charge in [0.15, 0.2) is 0 Å². The van der Waals surface area contributed by atoms with Gasteiger partial charge in [-0.25, -0.2) is 22.2 Å². The molecule has 4 rings (SSSR count). The Morgan fingerprint density at radius 1 is 0.933 bits per heavy atom. The minimum Gasteiger partial charge on any atom is -0.335 e. The molecule has 0 aliphatic carbocycles. The van der Waals surface area contributed by atoms with Crippen molar-refractivity contribution >= 4 is 15.9 Å². The van der Waals surface area contributed by atoms with Crippen LogP contribution in [0.2, 0.25) is 0 Å². The number of hydrogen-bond donors (Lipinski definition) is 0. The number of carbonyl (C=O) groups is 1. The van der Waals surface area contributed by atoms with Gasteiger partial charge in [0, 0.05) is 31.9 Å². The molecule has 7 nitrogen and oxygen atoms in total. The number of hydrogen-bond acceptors (Lipinski definition) is 4. The van der Waals surface area contributed by atoms with Gasteiger partial charge in [0.25, 0.3) is 5.91 Å². The van der Waals surface area contributed by atoms with Crippen molar-refractivity contribution in [3.05, 3.63) is 78.4 Å². The van der Waals surface area contributed by atoms with Crippen molar-refractivity contribution in [2.45, 2.75) is 4.90 Å². The summed E-state index contributed by atoms with van der Waals surface area (Å²) in [6.07, 6.45) is 2.87. The molecule has 0 N–H and O–H groups in total. The minimum absolute atomic E-state index is 0.0487. The molecule has 1 amide bonds. The molecular weight excluding hydrogens is 414 g/mol. The summed E-state index contributed by atoms with van der Waals surface area (Å²) in [6.45, 7) is 0.405. The summed E-state index contributed by atoms with van der Waals surface area (Å²) in [5, 5.41) is 0. The van der Waals surface area contributed by atoms with E-state index in [9.17, 15) is 22.0 Å². The number of piperazine rings is 1. The molecule has 1 aliphatic rings. The maximum atomic E-state index is 14.0. The van der Waals surface area contributed by atoms with E-state index in [4.69, 9.17) is 0 Å². The lowest BCUT2D eigenvalue weighted by atomic mass is 10.2. The van der Waals surface area contributed by atoms with Crippen molar-refractivity contribution in [1.82, 2.24) is 18.8 Å². The van der Waals surface area contributed by atoms with E-state index in [-0.39, 0.29) is 48.5 Å². The quantitative estimate of drug-likeness (QED) is 0.634. The van der Waals surface area contributed by atoms with Crippen molar-refractivity contribution in [2.24, 2.45) is 0 Å². The van der Waals surface area contributed by atoms with Gasteiger partial charge in [-0.3, -0.25) is 9.36 Å². The van der Waals surface area contributed by atoms with Gasteiger partial charge in [0.2, 0.25) is 10.0 Å². The summed E-state index contributed by atoms with van der Waals surface area (Å²) in [5.74, 6) is -1.52. The van der Waals surface area contributed by atoms with Crippen LogP contribution in [-0.2, 0) is 10.0 Å². The second-order valence-corrected chi connectivity index (χ2v) is 8.66. The van der Waals surface area contributed by atoms with Crippen LogP contribution in [0.3, 0.4) is 0 Å². The molecule has 1 saturated heterocycles. The third-order valence-electron chi connectivity index (χ3n) is 4.94. The van der Waals surface area contributed by atoms with Gasteiger partial charge < -0.3 is 4.90 Å². The van der Waals surface area contributed by atoms with Crippen LogP contribution in [0.1, 0.15) is 10.5 Å². The van der Waals surface area contributed by atoms with Crippen LogP contribution in [0.4, 0.5) is 8.78 Å². The number of carbonyl (C=O) groups excluding carboxylic acids is 1. The third kappa shape index (κ3) is 3.71. The lowest BCUT2D eigenvalue weighted by Crippen LogP contribution is -2.50. The molecule has 2 aromatic carbocycles. The Morgan fingerprint density at radius 3 is 2.27 bits per heavy atom. The van der Waals surface area contributed by atoms with Crippen LogP contribution in [-0.4, -0.2) is 59.3 Å². The first-order valence-corrected chi connectivity index (χ1v) is 10.6. The molecule has 30 heavy (non-hydrogen) atoms. The van der Waals surface area contributed by atoms with Gasteiger partial charge in [-0.2, -0.15) is 4.31 Å². The second-order valence-electron chi connectivity index (χ2n) is 6.75. The van der Waals surface area contributed by atoms with Crippen LogP contribution in [0.25, 0.3) is 5.69 Å². The number of nitrogens with zero attached hydrogens (tertiary/aromatic N) is 4. The fraction of sp³-hybridized carbons (Fsp3) is 0.200. The van der Waals surface area contributed by atoms with E-state index in [2.05, 4.69) is 4.98 Å². The Labute approximate surface area is 172 Å². The minimum atomic E-state index is -3.98. The van der Waals surface area contributed by atoms with Crippen LogP contribution in [0, 0.1) is 11.6 Å². The molecule has 1 fully saturated rings. The number of sulfonamides is 1. The van der Waals surface area contributed by atoms with Crippen molar-refractivity contribution < 1.29 is 22.0 Å². The number of rotatable bonds is 4. The number of halogens is 2. The number of amides is 1. The molecule has 0 bridgehead atoms. The van der Waals surface area contributed by atoms with Crippen LogP contribution >= 0.6 is 0 Å². The molecule has 2 heterocycles. The monoisotopic (exact) mass is 432 g/mol. The molecular formula is C20H18F2N4O3S. The molecule has 0 radical (unpaired) electrons. The molecule has 1 aromatic heterocycles. The zero-order valence-electron chi connectivity index (χ0n) is 15.8. The van der Waals surface area contributed by atoms with E-state index >= 15 is 0 Å². The van der Waals surface area contributed by atoms with Gasteiger partial charge in [0.05, 0.1) is 12.5 Å². The van der Waals surface area contributed by atoms with Crippen molar-refractivity contribution in [2.75, 3.05) is 26.2 Å². The highest BCUT2D eigenvalue weighted by Crippen LogP contribution is 2.21. The molecule has 0 spiro atoms. The summed E-state index contributed by atoms with van der Waals surface area (Å²) < 4.78 is 55.3. The normalized spacial score (nSPS) is 15.3. The maximum Gasteiger partial charge on any atom is 0.272 e. The van der Waals surface area contributed by atoms with Gasteiger partial charge in [-0.05, 0) is 36.4 Å². The highest BCUT2D eigenvalue weighted by molar-refractivity contribution is 7.89. The van der Waals surface area contributed by atoms with Gasteiger partial charge >= 0.3 is 0 Å². The number of benzene rings is 2. The van der Waals surface area contributed by atoms with E-state index in [0.29, 0.717) is 5.69 Å². The van der Waals surface area contributed by atoms with E-state index in [1.54, 1.807) is 4.57 Å². The molecule has 0 atom stereocenters. The first kappa shape index (κ1) is 20.2. The van der Waals surface area contributed by atoms with E-state index < -0.39 is 15.8 Å². The van der Waals surface area contributed by atoms with Crippen molar-refractivity contribution in [3.63, 3.8) is 0 Å². The summed E-state index contributed by atoms with van der Waals surface area (Å²) in [7, 11) is -3.98. The van der Waals surface area contributed by atoms with Crippen molar-refractivity contribution in [3.8, 4) is 5.69 Å². The number of imidazole rings is 1. The Morgan fingerprint density at radius 2 is 1.60 bits per heavy atom. The van der Waals surface area contributed by atoms with E-state index in [1.807, 2.05) is 0 Å². The van der Waals surface area contributed by atoms with Gasteiger partial charge in [-0.15, -0.1) is 0 Å². The molecule has 1 aliphatic heterocycles. The molecule has 10 heteroatoms. The van der Waals surface area contributed by atoms with Crippen LogP contribution in [0.5, 0.6) is 0 Å². The summed E-state index contributed by atoms with van der Waals surface area (Å²) in [4.78, 5) is 18.1. The maximum absolute atomic E-state index is 14.0. The molecule has 0 saturated carbocycles. The highest BCUT2D eigenvalue weighted by Gasteiger charge is 2.32. The van der Waals surface area contributed by atoms with Crippen LogP contribution in [0.15, 0.2) is 66.0 Å². The Hall–Kier alpha value is -3.11. The number of aromatic nitrogens is 2. The summed E-state index contributed by atoms with van der Waals surface area (Å²) in [5.41, 5.74) is 0.866. The average molecular weight is 432 g/mol. The fourth-order valence-electron chi connectivity index (χ4n) is 3.35. The lowest BCUT2D eigenvalue weighted by Gasteiger charge is -2.34. The highest BCUT2D eigenvalue weighted by atomic mass is 32.2. The zero-order chi connectivity index (χ0) is 21.3. The zero-order valence-corrected chi connectivity index (χ0v) is 16.6. The molecule has 3 aromatic rings. The SMILES string of the molecule is O=C(c1cncn1-c1ccc(F)cc1)N1CCN(S(=O)(=O)c2ccccc2F)CC1. The molecule has 0 unspecified atom stereocenters. The smallest absolute Gasteiger partial charge is 0.272 e. The van der Waals surface area contributed by atoms with Gasteiger partial charge in [-0.1, -0.05) is 12.1 Å². The van der Waals surface area contributed by atoms with E-state index in [1.165, 1.54) is 64.2 Å². The summed E-state index contributed by atoms with van der Waals surface area (Å²) >= 11 is 0. The van der Waals surface area contributed by atoms with Crippen molar-refractivity contribution in [1.29, 1.82) is 0 Å². The lowest BCUT2D eigenvalue weighted by molar-refractivity contribution is 0.0689. The van der Waals surface area contributed by atoms with Crippen LogP contribution < -0.4 is 0 Å². The first-order valence-electron chi connectivity index (χ1n) is 9.20. The first-order chi connectivity index (χ1) is 14.4. The fourth-order valence-corrected chi connectivity index (χ4v) is 4.83.